The van der Waals surface area contributed by atoms with E-state index >= 15 is 0 Å². The third-order valence-corrected chi connectivity index (χ3v) is 4.77. The molecule has 0 bridgehead atoms. The number of rotatable bonds is 7. The lowest BCUT2D eigenvalue weighted by Gasteiger charge is -2.23. The van der Waals surface area contributed by atoms with E-state index in [0.29, 0.717) is 25.6 Å². The summed E-state index contributed by atoms with van der Waals surface area (Å²) in [4.78, 5) is 30.5. The largest absolute Gasteiger partial charge is 0.355 e. The summed E-state index contributed by atoms with van der Waals surface area (Å²) in [6, 6.07) is 4.27. The first-order valence-electron chi connectivity index (χ1n) is 8.70. The summed E-state index contributed by atoms with van der Waals surface area (Å²) >= 11 is 0. The van der Waals surface area contributed by atoms with Gasteiger partial charge in [0, 0.05) is 43.9 Å². The number of nitrogens with zero attached hydrogens (tertiary/aromatic N) is 2. The van der Waals surface area contributed by atoms with Gasteiger partial charge < -0.3 is 10.2 Å². The fourth-order valence-electron chi connectivity index (χ4n) is 3.26. The van der Waals surface area contributed by atoms with Gasteiger partial charge in [-0.05, 0) is 43.4 Å². The molecule has 0 aliphatic heterocycles. The van der Waals surface area contributed by atoms with Crippen LogP contribution in [0.3, 0.4) is 0 Å². The molecule has 0 atom stereocenters. The summed E-state index contributed by atoms with van der Waals surface area (Å²) < 4.78 is 0. The maximum atomic E-state index is 12.5. The van der Waals surface area contributed by atoms with Crippen LogP contribution in [0.15, 0.2) is 24.5 Å². The van der Waals surface area contributed by atoms with Crippen LogP contribution in [0.25, 0.3) is 0 Å². The number of aromatic nitrogens is 1. The second-order valence-electron chi connectivity index (χ2n) is 6.63. The molecule has 2 aliphatic carbocycles. The average Bonchev–Trinajstić information content (AvgIpc) is 3.26. The topological polar surface area (TPSA) is 62.3 Å². The van der Waals surface area contributed by atoms with E-state index < -0.39 is 0 Å². The van der Waals surface area contributed by atoms with Crippen LogP contribution in [0.1, 0.15) is 50.5 Å². The van der Waals surface area contributed by atoms with Gasteiger partial charge in [0.15, 0.2) is 0 Å². The molecule has 1 heterocycles. The maximum Gasteiger partial charge on any atom is 0.224 e. The first kappa shape index (κ1) is 16.0. The SMILES string of the molecule is O=C(NCCC(=O)N(Cc1ccncc1)C1CC1)C1CCCC1. The van der Waals surface area contributed by atoms with Crippen molar-refractivity contribution in [3.05, 3.63) is 30.1 Å². The first-order chi connectivity index (χ1) is 11.2. The van der Waals surface area contributed by atoms with Crippen molar-refractivity contribution >= 4 is 11.8 Å². The highest BCUT2D eigenvalue weighted by atomic mass is 16.2. The van der Waals surface area contributed by atoms with Crippen molar-refractivity contribution in [2.75, 3.05) is 6.54 Å². The Bertz CT molecular complexity index is 536. The normalized spacial score (nSPS) is 17.9. The standard InChI is InChI=1S/C18H25N3O2/c22-17(9-12-20-18(23)15-3-1-2-4-15)21(16-5-6-16)13-14-7-10-19-11-8-14/h7-8,10-11,15-16H,1-6,9,12-13H2,(H,20,23). The smallest absolute Gasteiger partial charge is 0.224 e. The third kappa shape index (κ3) is 4.53. The van der Waals surface area contributed by atoms with Crippen LogP contribution < -0.4 is 5.32 Å². The summed E-state index contributed by atoms with van der Waals surface area (Å²) in [6.45, 7) is 1.09. The van der Waals surface area contributed by atoms with Gasteiger partial charge in [-0.1, -0.05) is 12.8 Å². The minimum atomic E-state index is 0.127. The number of nitrogens with one attached hydrogen (secondary N) is 1. The highest BCUT2D eigenvalue weighted by Gasteiger charge is 2.32. The average molecular weight is 315 g/mol. The second-order valence-corrected chi connectivity index (χ2v) is 6.63. The lowest BCUT2D eigenvalue weighted by atomic mass is 10.1. The minimum absolute atomic E-state index is 0.127. The molecule has 2 fully saturated rings. The molecule has 2 amide bonds. The molecule has 2 aliphatic rings. The monoisotopic (exact) mass is 315 g/mol. The predicted molar refractivity (Wildman–Crippen MR) is 87.4 cm³/mol. The van der Waals surface area contributed by atoms with Crippen LogP contribution in [-0.4, -0.2) is 34.3 Å². The highest BCUT2D eigenvalue weighted by Crippen LogP contribution is 2.29. The Kier molecular flexibility index (Phi) is 5.26. The summed E-state index contributed by atoms with van der Waals surface area (Å²) in [6.07, 6.45) is 10.4. The molecule has 2 saturated carbocycles. The Hall–Kier alpha value is -1.91. The van der Waals surface area contributed by atoms with Crippen LogP contribution in [0.4, 0.5) is 0 Å². The van der Waals surface area contributed by atoms with Gasteiger partial charge in [-0.3, -0.25) is 14.6 Å². The Morgan fingerprint density at radius 1 is 1.13 bits per heavy atom. The maximum absolute atomic E-state index is 12.5. The molecular weight excluding hydrogens is 290 g/mol. The van der Waals surface area contributed by atoms with E-state index in [9.17, 15) is 9.59 Å². The Labute approximate surface area is 137 Å². The lowest BCUT2D eigenvalue weighted by molar-refractivity contribution is -0.132. The van der Waals surface area contributed by atoms with Gasteiger partial charge in [-0.15, -0.1) is 0 Å². The van der Waals surface area contributed by atoms with Gasteiger partial charge >= 0.3 is 0 Å². The summed E-state index contributed by atoms with van der Waals surface area (Å²) in [7, 11) is 0. The van der Waals surface area contributed by atoms with Gasteiger partial charge in [0.1, 0.15) is 0 Å². The molecular formula is C18H25N3O2. The van der Waals surface area contributed by atoms with Gasteiger partial charge in [0.05, 0.1) is 0 Å². The lowest BCUT2D eigenvalue weighted by Crippen LogP contribution is -2.37. The van der Waals surface area contributed by atoms with E-state index in [-0.39, 0.29) is 17.7 Å². The van der Waals surface area contributed by atoms with Crippen molar-refractivity contribution < 1.29 is 9.59 Å². The zero-order valence-electron chi connectivity index (χ0n) is 13.5. The van der Waals surface area contributed by atoms with Crippen molar-refractivity contribution in [2.24, 2.45) is 5.92 Å². The van der Waals surface area contributed by atoms with Gasteiger partial charge in [-0.25, -0.2) is 0 Å². The zero-order chi connectivity index (χ0) is 16.1. The molecule has 5 nitrogen and oxygen atoms in total. The van der Waals surface area contributed by atoms with Crippen molar-refractivity contribution in [3.8, 4) is 0 Å². The van der Waals surface area contributed by atoms with Crippen LogP contribution in [-0.2, 0) is 16.1 Å². The molecule has 3 rings (SSSR count). The molecule has 0 spiro atoms. The zero-order valence-corrected chi connectivity index (χ0v) is 13.5. The molecule has 5 heteroatoms. The third-order valence-electron chi connectivity index (χ3n) is 4.77. The Balaban J connectivity index is 1.46. The molecule has 23 heavy (non-hydrogen) atoms. The molecule has 0 unspecified atom stereocenters. The number of carbonyl (C=O) groups excluding carboxylic acids is 2. The number of amides is 2. The quantitative estimate of drug-likeness (QED) is 0.839. The number of hydrogen-bond acceptors (Lipinski definition) is 3. The highest BCUT2D eigenvalue weighted by molar-refractivity contribution is 5.81. The van der Waals surface area contributed by atoms with Gasteiger partial charge in [-0.2, -0.15) is 0 Å². The van der Waals surface area contributed by atoms with Crippen LogP contribution in [0.5, 0.6) is 0 Å². The van der Waals surface area contributed by atoms with E-state index in [1.807, 2.05) is 17.0 Å². The number of hydrogen-bond donors (Lipinski definition) is 1. The molecule has 0 radical (unpaired) electrons. The van der Waals surface area contributed by atoms with Crippen molar-refractivity contribution in [2.45, 2.75) is 57.5 Å². The van der Waals surface area contributed by atoms with E-state index in [2.05, 4.69) is 10.3 Å². The van der Waals surface area contributed by atoms with Crippen LogP contribution >= 0.6 is 0 Å². The van der Waals surface area contributed by atoms with Crippen LogP contribution in [0.2, 0.25) is 0 Å². The first-order valence-corrected chi connectivity index (χ1v) is 8.70. The van der Waals surface area contributed by atoms with E-state index in [0.717, 1.165) is 44.1 Å². The van der Waals surface area contributed by atoms with Crippen molar-refractivity contribution in [3.63, 3.8) is 0 Å². The number of carbonyl (C=O) groups is 2. The Morgan fingerprint density at radius 3 is 2.48 bits per heavy atom. The second kappa shape index (κ2) is 7.57. The van der Waals surface area contributed by atoms with Crippen molar-refractivity contribution in [1.29, 1.82) is 0 Å². The molecule has 0 saturated heterocycles. The van der Waals surface area contributed by atoms with E-state index in [1.54, 1.807) is 12.4 Å². The molecule has 1 aromatic rings. The predicted octanol–water partition coefficient (Wildman–Crippen LogP) is 2.27. The fraction of sp³-hybridized carbons (Fsp3) is 0.611. The molecule has 1 N–H and O–H groups in total. The summed E-state index contributed by atoms with van der Waals surface area (Å²) in [5, 5.41) is 2.94. The minimum Gasteiger partial charge on any atom is -0.355 e. The fourth-order valence-corrected chi connectivity index (χ4v) is 3.26. The molecule has 124 valence electrons. The number of pyridine rings is 1. The van der Waals surface area contributed by atoms with Gasteiger partial charge in [0.2, 0.25) is 11.8 Å². The van der Waals surface area contributed by atoms with E-state index in [4.69, 9.17) is 0 Å². The Morgan fingerprint density at radius 2 is 1.83 bits per heavy atom. The van der Waals surface area contributed by atoms with Gasteiger partial charge in [0.25, 0.3) is 0 Å². The van der Waals surface area contributed by atoms with Crippen LogP contribution in [0, 0.1) is 5.92 Å². The molecule has 1 aromatic heterocycles. The molecule has 0 aromatic carbocycles. The van der Waals surface area contributed by atoms with Crippen molar-refractivity contribution in [1.82, 2.24) is 15.2 Å². The summed E-state index contributed by atoms with van der Waals surface area (Å²) in [5.74, 6) is 0.430. The van der Waals surface area contributed by atoms with E-state index in [1.165, 1.54) is 0 Å². The summed E-state index contributed by atoms with van der Waals surface area (Å²) in [5.41, 5.74) is 1.11.